The van der Waals surface area contributed by atoms with Crippen molar-refractivity contribution in [1.29, 1.82) is 0 Å². The van der Waals surface area contributed by atoms with Gasteiger partial charge in [-0.3, -0.25) is 4.79 Å². The molecule has 1 aliphatic rings. The van der Waals surface area contributed by atoms with Crippen molar-refractivity contribution in [2.24, 2.45) is 0 Å². The summed E-state index contributed by atoms with van der Waals surface area (Å²) < 4.78 is 0. The van der Waals surface area contributed by atoms with Gasteiger partial charge in [-0.25, -0.2) is 0 Å². The molecule has 2 aromatic carbocycles. The molecule has 1 fully saturated rings. The Labute approximate surface area is 158 Å². The molecule has 138 valence electrons. The van der Waals surface area contributed by atoms with E-state index in [1.807, 2.05) is 30.3 Å². The second-order valence-electron chi connectivity index (χ2n) is 6.95. The molecule has 2 aromatic rings. The molecule has 1 saturated carbocycles. The van der Waals surface area contributed by atoms with Crippen LogP contribution in [0.3, 0.4) is 0 Å². The number of aliphatic hydroxyl groups excluding tert-OH is 1. The molecule has 0 unspecified atom stereocenters. The topological polar surface area (TPSA) is 69.6 Å². The summed E-state index contributed by atoms with van der Waals surface area (Å²) in [7, 11) is 0. The first kappa shape index (κ1) is 18.7. The Kier molecular flexibility index (Phi) is 6.17. The number of halogens is 1. The summed E-state index contributed by atoms with van der Waals surface area (Å²) in [5.74, 6) is -0.106. The van der Waals surface area contributed by atoms with Crippen LogP contribution < -0.4 is 5.32 Å². The number of phenolic OH excluding ortho intramolecular Hbond substituents is 1. The first-order valence-electron chi connectivity index (χ1n) is 9.03. The zero-order valence-electron chi connectivity index (χ0n) is 14.6. The lowest BCUT2D eigenvalue weighted by atomic mass is 9.87. The van der Waals surface area contributed by atoms with Crippen molar-refractivity contribution < 1.29 is 15.0 Å². The number of carbonyl (C=O) groups excluding carboxylic acids is 1. The summed E-state index contributed by atoms with van der Waals surface area (Å²) in [6, 6.07) is 14.6. The van der Waals surface area contributed by atoms with E-state index in [2.05, 4.69) is 5.32 Å². The number of rotatable bonds is 5. The van der Waals surface area contributed by atoms with Crippen molar-refractivity contribution >= 4 is 17.5 Å². The first-order chi connectivity index (χ1) is 12.5. The molecule has 0 bridgehead atoms. The second-order valence-corrected chi connectivity index (χ2v) is 7.35. The lowest BCUT2D eigenvalue weighted by Gasteiger charge is -2.27. The van der Waals surface area contributed by atoms with Crippen molar-refractivity contribution in [1.82, 2.24) is 5.32 Å². The van der Waals surface area contributed by atoms with E-state index in [1.165, 1.54) is 0 Å². The molecule has 26 heavy (non-hydrogen) atoms. The van der Waals surface area contributed by atoms with Crippen molar-refractivity contribution in [2.45, 2.75) is 50.2 Å². The van der Waals surface area contributed by atoms with Gasteiger partial charge in [0.05, 0.1) is 6.10 Å². The predicted octanol–water partition coefficient (Wildman–Crippen LogP) is 3.99. The fraction of sp³-hybridized carbons (Fsp3) is 0.381. The highest BCUT2D eigenvalue weighted by Crippen LogP contribution is 2.34. The number of amides is 1. The van der Waals surface area contributed by atoms with Gasteiger partial charge < -0.3 is 15.5 Å². The van der Waals surface area contributed by atoms with Crippen LogP contribution in [0.25, 0.3) is 0 Å². The van der Waals surface area contributed by atoms with E-state index in [1.54, 1.807) is 18.2 Å². The molecule has 0 aromatic heterocycles. The fourth-order valence-corrected chi connectivity index (χ4v) is 3.87. The number of nitrogens with one attached hydrogen (secondary N) is 1. The van der Waals surface area contributed by atoms with E-state index < -0.39 is 0 Å². The number of aromatic hydroxyl groups is 1. The van der Waals surface area contributed by atoms with Crippen LogP contribution in [0.4, 0.5) is 0 Å². The van der Waals surface area contributed by atoms with E-state index in [0.29, 0.717) is 5.02 Å². The molecule has 1 amide bonds. The summed E-state index contributed by atoms with van der Waals surface area (Å²) in [6.45, 7) is 0. The Bertz CT molecular complexity index is 756. The van der Waals surface area contributed by atoms with E-state index >= 15 is 0 Å². The quantitative estimate of drug-likeness (QED) is 0.742. The van der Waals surface area contributed by atoms with Gasteiger partial charge in [0.25, 0.3) is 0 Å². The molecule has 3 N–H and O–H groups in total. The highest BCUT2D eigenvalue weighted by atomic mass is 35.5. The Morgan fingerprint density at radius 1 is 1.12 bits per heavy atom. The zero-order valence-corrected chi connectivity index (χ0v) is 15.3. The molecule has 1 atom stereocenters. The van der Waals surface area contributed by atoms with E-state index in [9.17, 15) is 15.0 Å². The lowest BCUT2D eigenvalue weighted by molar-refractivity contribution is -0.122. The second kappa shape index (κ2) is 8.56. The molecule has 3 rings (SSSR count). The van der Waals surface area contributed by atoms with Crippen LogP contribution in [0.1, 0.15) is 49.1 Å². The van der Waals surface area contributed by atoms with Gasteiger partial charge in [0.2, 0.25) is 5.91 Å². The maximum Gasteiger partial charge on any atom is 0.221 e. The van der Waals surface area contributed by atoms with Crippen LogP contribution in [-0.4, -0.2) is 28.3 Å². The maximum absolute atomic E-state index is 12.7. The molecular weight excluding hydrogens is 350 g/mol. The zero-order chi connectivity index (χ0) is 18.5. The van der Waals surface area contributed by atoms with Crippen LogP contribution >= 0.6 is 11.6 Å². The van der Waals surface area contributed by atoms with E-state index in [-0.39, 0.29) is 36.1 Å². The molecule has 0 saturated heterocycles. The molecule has 0 heterocycles. The molecule has 4 nitrogen and oxygen atoms in total. The average molecular weight is 374 g/mol. The monoisotopic (exact) mass is 373 g/mol. The number of benzene rings is 2. The molecule has 0 aliphatic heterocycles. The van der Waals surface area contributed by atoms with Gasteiger partial charge in [-0.15, -0.1) is 0 Å². The highest BCUT2D eigenvalue weighted by molar-refractivity contribution is 6.31. The minimum Gasteiger partial charge on any atom is -0.508 e. The Hall–Kier alpha value is -2.04. The molecule has 0 spiro atoms. The number of phenols is 1. The number of hydrogen-bond acceptors (Lipinski definition) is 3. The van der Waals surface area contributed by atoms with Crippen molar-refractivity contribution in [3.05, 3.63) is 64.7 Å². The standard InChI is InChI=1S/C21H24ClNO3/c22-20-7-2-1-6-18(20)19(14-4-3-5-17(25)12-14)13-21(26)23-15-8-10-16(24)11-9-15/h1-7,12,15-16,19,24-25H,8-11,13H2,(H,23,26)/t15?,16?,19-/m1/s1. The van der Waals surface area contributed by atoms with Gasteiger partial charge in [-0.05, 0) is 55.0 Å². The highest BCUT2D eigenvalue weighted by Gasteiger charge is 2.24. The third-order valence-corrected chi connectivity index (χ3v) is 5.35. The Morgan fingerprint density at radius 2 is 1.85 bits per heavy atom. The third kappa shape index (κ3) is 4.77. The van der Waals surface area contributed by atoms with Crippen molar-refractivity contribution in [3.8, 4) is 5.75 Å². The largest absolute Gasteiger partial charge is 0.508 e. The minimum atomic E-state index is -0.244. The van der Waals surface area contributed by atoms with Crippen LogP contribution in [0.5, 0.6) is 5.75 Å². The van der Waals surface area contributed by atoms with Gasteiger partial charge >= 0.3 is 0 Å². The Balaban J connectivity index is 1.78. The van der Waals surface area contributed by atoms with Gasteiger partial charge in [0.1, 0.15) is 5.75 Å². The van der Waals surface area contributed by atoms with Gasteiger partial charge in [-0.2, -0.15) is 0 Å². The van der Waals surface area contributed by atoms with Gasteiger partial charge in [0, 0.05) is 23.4 Å². The minimum absolute atomic E-state index is 0.0420. The van der Waals surface area contributed by atoms with Gasteiger partial charge in [-0.1, -0.05) is 41.9 Å². The van der Waals surface area contributed by atoms with E-state index in [4.69, 9.17) is 11.6 Å². The molecule has 1 aliphatic carbocycles. The van der Waals surface area contributed by atoms with Crippen molar-refractivity contribution in [3.63, 3.8) is 0 Å². The smallest absolute Gasteiger partial charge is 0.221 e. The fourth-order valence-electron chi connectivity index (χ4n) is 3.60. The van der Waals surface area contributed by atoms with Crippen LogP contribution in [0.15, 0.2) is 48.5 Å². The summed E-state index contributed by atoms with van der Waals surface area (Å²) in [5, 5.41) is 23.1. The summed E-state index contributed by atoms with van der Waals surface area (Å²) in [4.78, 5) is 12.7. The Morgan fingerprint density at radius 3 is 2.54 bits per heavy atom. The van der Waals surface area contributed by atoms with Crippen LogP contribution in [-0.2, 0) is 4.79 Å². The van der Waals surface area contributed by atoms with Crippen LogP contribution in [0.2, 0.25) is 5.02 Å². The predicted molar refractivity (Wildman–Crippen MR) is 102 cm³/mol. The SMILES string of the molecule is O=C(C[C@H](c1cccc(O)c1)c1ccccc1Cl)NC1CCC(O)CC1. The average Bonchev–Trinajstić information content (AvgIpc) is 2.62. The van der Waals surface area contributed by atoms with Gasteiger partial charge in [0.15, 0.2) is 0 Å². The van der Waals surface area contributed by atoms with Crippen molar-refractivity contribution in [2.75, 3.05) is 0 Å². The summed E-state index contributed by atoms with van der Waals surface area (Å²) in [6.07, 6.45) is 3.07. The molecule has 5 heteroatoms. The molecule has 0 radical (unpaired) electrons. The number of hydrogen-bond donors (Lipinski definition) is 3. The number of aliphatic hydroxyl groups is 1. The summed E-state index contributed by atoms with van der Waals surface area (Å²) >= 11 is 6.38. The normalized spacial score (nSPS) is 21.2. The first-order valence-corrected chi connectivity index (χ1v) is 9.41. The molecular formula is C21H24ClNO3. The van der Waals surface area contributed by atoms with Crippen LogP contribution in [0, 0.1) is 0 Å². The third-order valence-electron chi connectivity index (χ3n) is 5.00. The number of carbonyl (C=O) groups is 1. The lowest BCUT2D eigenvalue weighted by Crippen LogP contribution is -2.39. The van der Waals surface area contributed by atoms with E-state index in [0.717, 1.165) is 36.8 Å². The summed E-state index contributed by atoms with van der Waals surface area (Å²) in [5.41, 5.74) is 1.72. The maximum atomic E-state index is 12.7.